The van der Waals surface area contributed by atoms with Gasteiger partial charge in [-0.15, -0.1) is 0 Å². The maximum atomic E-state index is 15.0. The highest BCUT2D eigenvalue weighted by atomic mass is 19.2. The van der Waals surface area contributed by atoms with Gasteiger partial charge in [-0.05, 0) is 85.0 Å². The minimum Gasteiger partial charge on any atom is -0.426 e. The molecule has 0 amide bonds. The van der Waals surface area contributed by atoms with Gasteiger partial charge in [-0.1, -0.05) is 48.9 Å². The molecule has 4 aromatic carbocycles. The number of allylic oxidation sites excluding steroid dienone is 5. The van der Waals surface area contributed by atoms with Gasteiger partial charge in [-0.25, -0.2) is 26.3 Å². The highest BCUT2D eigenvalue weighted by Gasteiger charge is 2.13. The van der Waals surface area contributed by atoms with Gasteiger partial charge < -0.3 is 9.47 Å². The zero-order chi connectivity index (χ0) is 34.6. The first-order valence-corrected chi connectivity index (χ1v) is 15.0. The number of carbonyl (C=O) groups excluding carboxylic acids is 2. The van der Waals surface area contributed by atoms with Crippen molar-refractivity contribution >= 4 is 23.6 Å². The molecule has 4 aromatic rings. The zero-order valence-electron chi connectivity index (χ0n) is 25.8. The van der Waals surface area contributed by atoms with E-state index in [-0.39, 0.29) is 41.0 Å². The van der Waals surface area contributed by atoms with Gasteiger partial charge in [0.1, 0.15) is 23.1 Å². The summed E-state index contributed by atoms with van der Waals surface area (Å²) in [6.07, 6.45) is 9.40. The molecule has 4 rings (SSSR count). The normalized spacial score (nSPS) is 11.8. The summed E-state index contributed by atoms with van der Waals surface area (Å²) in [4.78, 5) is 24.5. The van der Waals surface area contributed by atoms with Gasteiger partial charge >= 0.3 is 11.9 Å². The summed E-state index contributed by atoms with van der Waals surface area (Å²) in [7, 11) is 0. The van der Waals surface area contributed by atoms with Crippen LogP contribution in [0.25, 0.3) is 22.8 Å². The summed E-state index contributed by atoms with van der Waals surface area (Å²) in [5, 5.41) is 0. The van der Waals surface area contributed by atoms with Crippen LogP contribution in [0.2, 0.25) is 0 Å². The van der Waals surface area contributed by atoms with Crippen LogP contribution in [0.1, 0.15) is 50.2 Å². The third kappa shape index (κ3) is 10.1. The van der Waals surface area contributed by atoms with E-state index < -0.39 is 46.8 Å². The van der Waals surface area contributed by atoms with Crippen LogP contribution in [0.5, 0.6) is 11.5 Å². The van der Waals surface area contributed by atoms with Crippen LogP contribution in [-0.2, 0) is 9.59 Å². The molecule has 0 aliphatic rings. The number of halogens is 6. The van der Waals surface area contributed by atoms with Gasteiger partial charge in [0.15, 0.2) is 23.3 Å². The van der Waals surface area contributed by atoms with Crippen molar-refractivity contribution in [1.29, 1.82) is 0 Å². The molecule has 10 heteroatoms. The lowest BCUT2D eigenvalue weighted by Gasteiger charge is -2.09. The highest BCUT2D eigenvalue weighted by molar-refractivity contribution is 5.78. The van der Waals surface area contributed by atoms with Crippen LogP contribution in [0.4, 0.5) is 26.3 Å². The predicted octanol–water partition coefficient (Wildman–Crippen LogP) is 10.3. The van der Waals surface area contributed by atoms with Gasteiger partial charge in [-0.3, -0.25) is 9.59 Å². The van der Waals surface area contributed by atoms with E-state index in [1.54, 1.807) is 37.3 Å². The van der Waals surface area contributed by atoms with E-state index in [0.29, 0.717) is 30.4 Å². The summed E-state index contributed by atoms with van der Waals surface area (Å²) < 4.78 is 93.2. The zero-order valence-corrected chi connectivity index (χ0v) is 25.8. The molecule has 0 aliphatic carbocycles. The number of hydrogen-bond donors (Lipinski definition) is 0. The molecule has 4 nitrogen and oxygen atoms in total. The van der Waals surface area contributed by atoms with Crippen molar-refractivity contribution in [2.45, 2.75) is 39.0 Å². The van der Waals surface area contributed by atoms with Crippen molar-refractivity contribution in [2.24, 2.45) is 0 Å². The molecule has 0 aromatic heterocycles. The van der Waals surface area contributed by atoms with Crippen LogP contribution in [0.15, 0.2) is 97.1 Å². The first-order chi connectivity index (χ1) is 23.0. The Morgan fingerprint density at radius 2 is 1.23 bits per heavy atom. The largest absolute Gasteiger partial charge is 0.426 e. The van der Waals surface area contributed by atoms with Crippen LogP contribution < -0.4 is 9.47 Å². The molecule has 0 aliphatic heterocycles. The second-order valence-electron chi connectivity index (χ2n) is 10.6. The first-order valence-electron chi connectivity index (χ1n) is 15.0. The standard InChI is InChI=1S/C38H30F6O4/c1-2-7-25(9-6-8-24-12-18-31(39)35(43)20-24)29-16-14-27(22-33(29)41)47-37(45)10-4-3-5-11-38(46)48-28-15-17-30(34(42)23-28)26-13-19-32(40)36(44)21-26/h2,6-9,12-23H,3-5,10-11H2,1H3/b7-2-,8-6+,25-9+. The third-order valence-corrected chi connectivity index (χ3v) is 7.00. The first kappa shape index (κ1) is 35.5. The lowest BCUT2D eigenvalue weighted by molar-refractivity contribution is -0.134. The SMILES string of the molecule is C\C=C/C(=C\C=C\c1ccc(F)c(F)c1)c1ccc(OC(=O)CCCCCC(=O)Oc2ccc(-c3ccc(F)c(F)c3)c(F)c2)cc1F. The van der Waals surface area contributed by atoms with Crippen LogP contribution >= 0.6 is 0 Å². The Balaban J connectivity index is 1.21. The Bertz CT molecular complexity index is 1880. The van der Waals surface area contributed by atoms with Crippen molar-refractivity contribution in [2.75, 3.05) is 0 Å². The molecule has 0 saturated carbocycles. The molecule has 0 atom stereocenters. The molecule has 0 unspecified atom stereocenters. The molecule has 0 saturated heterocycles. The van der Waals surface area contributed by atoms with Crippen molar-refractivity contribution in [3.05, 3.63) is 143 Å². The second kappa shape index (κ2) is 17.0. The molecular weight excluding hydrogens is 634 g/mol. The fraction of sp³-hybridized carbons (Fsp3) is 0.158. The fourth-order valence-electron chi connectivity index (χ4n) is 4.62. The van der Waals surface area contributed by atoms with E-state index in [4.69, 9.17) is 9.47 Å². The van der Waals surface area contributed by atoms with E-state index in [9.17, 15) is 35.9 Å². The predicted molar refractivity (Wildman–Crippen MR) is 171 cm³/mol. The minimum absolute atomic E-state index is 0.00625. The van der Waals surface area contributed by atoms with Crippen molar-refractivity contribution < 1.29 is 45.4 Å². The van der Waals surface area contributed by atoms with E-state index in [1.807, 2.05) is 0 Å². The summed E-state index contributed by atoms with van der Waals surface area (Å²) in [5.41, 5.74) is 1.30. The Morgan fingerprint density at radius 1 is 0.625 bits per heavy atom. The Hall–Kier alpha value is -5.38. The van der Waals surface area contributed by atoms with Gasteiger partial charge in [0.25, 0.3) is 0 Å². The van der Waals surface area contributed by atoms with E-state index in [2.05, 4.69) is 0 Å². The third-order valence-electron chi connectivity index (χ3n) is 7.00. The fourth-order valence-corrected chi connectivity index (χ4v) is 4.62. The number of ether oxygens (including phenoxy) is 2. The van der Waals surface area contributed by atoms with Gasteiger partial charge in [0, 0.05) is 36.1 Å². The average molecular weight is 665 g/mol. The number of unbranched alkanes of at least 4 members (excludes halogenated alkanes) is 2. The molecule has 0 fully saturated rings. The molecular formula is C38H30F6O4. The topological polar surface area (TPSA) is 52.6 Å². The lowest BCUT2D eigenvalue weighted by Crippen LogP contribution is -2.09. The number of carbonyl (C=O) groups is 2. The van der Waals surface area contributed by atoms with Crippen LogP contribution in [0.3, 0.4) is 0 Å². The average Bonchev–Trinajstić information content (AvgIpc) is 3.04. The molecule has 48 heavy (non-hydrogen) atoms. The number of hydrogen-bond acceptors (Lipinski definition) is 4. The van der Waals surface area contributed by atoms with Crippen molar-refractivity contribution in [3.8, 4) is 22.6 Å². The maximum Gasteiger partial charge on any atom is 0.311 e. The monoisotopic (exact) mass is 664 g/mol. The molecule has 0 bridgehead atoms. The Kier molecular flexibility index (Phi) is 12.5. The van der Waals surface area contributed by atoms with Crippen LogP contribution in [-0.4, -0.2) is 11.9 Å². The Morgan fingerprint density at radius 3 is 1.81 bits per heavy atom. The van der Waals surface area contributed by atoms with E-state index >= 15 is 0 Å². The molecule has 0 radical (unpaired) electrons. The van der Waals surface area contributed by atoms with Crippen molar-refractivity contribution in [1.82, 2.24) is 0 Å². The number of rotatable bonds is 13. The quantitative estimate of drug-likeness (QED) is 0.0469. The lowest BCUT2D eigenvalue weighted by atomic mass is 10.0. The summed E-state index contributed by atoms with van der Waals surface area (Å²) in [5.74, 6) is -6.73. The van der Waals surface area contributed by atoms with E-state index in [0.717, 1.165) is 36.4 Å². The Labute approximate surface area is 273 Å². The number of esters is 2. The number of benzene rings is 4. The molecule has 0 spiro atoms. The molecule has 0 heterocycles. The highest BCUT2D eigenvalue weighted by Crippen LogP contribution is 2.28. The van der Waals surface area contributed by atoms with Gasteiger partial charge in [-0.2, -0.15) is 0 Å². The van der Waals surface area contributed by atoms with Gasteiger partial charge in [0.05, 0.1) is 0 Å². The smallest absolute Gasteiger partial charge is 0.311 e. The summed E-state index contributed by atoms with van der Waals surface area (Å²) in [6.45, 7) is 1.76. The van der Waals surface area contributed by atoms with E-state index in [1.165, 1.54) is 36.4 Å². The minimum atomic E-state index is -1.11. The molecule has 248 valence electrons. The van der Waals surface area contributed by atoms with Crippen molar-refractivity contribution in [3.63, 3.8) is 0 Å². The molecule has 0 N–H and O–H groups in total. The summed E-state index contributed by atoms with van der Waals surface area (Å²) >= 11 is 0. The maximum absolute atomic E-state index is 15.0. The van der Waals surface area contributed by atoms with Crippen LogP contribution in [0, 0.1) is 34.9 Å². The summed E-state index contributed by atoms with van der Waals surface area (Å²) in [6, 6.07) is 14.1. The second-order valence-corrected chi connectivity index (χ2v) is 10.6. The van der Waals surface area contributed by atoms with Gasteiger partial charge in [0.2, 0.25) is 0 Å².